The Bertz CT molecular complexity index is 286. The smallest absolute Gasteiger partial charge is 0.166 e. The van der Waals surface area contributed by atoms with Gasteiger partial charge in [0.05, 0.1) is 5.56 Å². The molecule has 1 aromatic rings. The zero-order chi connectivity index (χ0) is 9.35. The third kappa shape index (κ3) is 1.60. The fourth-order valence-corrected chi connectivity index (χ4v) is 0.968. The van der Waals surface area contributed by atoms with Crippen LogP contribution in [0.2, 0.25) is 0 Å². The van der Waals surface area contributed by atoms with Crippen LogP contribution in [0.3, 0.4) is 0 Å². The molecule has 0 fully saturated rings. The first-order valence-electron chi connectivity index (χ1n) is 3.41. The summed E-state index contributed by atoms with van der Waals surface area (Å²) in [6.45, 7) is 4.98. The van der Waals surface area contributed by atoms with Crippen LogP contribution in [0.5, 0.6) is 0 Å². The van der Waals surface area contributed by atoms with Gasteiger partial charge in [0.1, 0.15) is 0 Å². The van der Waals surface area contributed by atoms with Crippen LogP contribution in [0.4, 0.5) is 13.2 Å². The predicted molar refractivity (Wildman–Crippen MR) is 40.6 cm³/mol. The van der Waals surface area contributed by atoms with Crippen molar-refractivity contribution in [1.82, 2.24) is 0 Å². The number of halogens is 3. The second-order valence-corrected chi connectivity index (χ2v) is 2.60. The minimum Gasteiger partial charge on any atom is -0.166 e. The summed E-state index contributed by atoms with van der Waals surface area (Å²) < 4.78 is 36.6. The van der Waals surface area contributed by atoms with Gasteiger partial charge in [0.2, 0.25) is 0 Å². The lowest BCUT2D eigenvalue weighted by Crippen LogP contribution is -2.07. The molecule has 0 atom stereocenters. The molecule has 0 aliphatic carbocycles. The zero-order valence-electron chi connectivity index (χ0n) is 6.57. The maximum Gasteiger partial charge on any atom is 0.416 e. The van der Waals surface area contributed by atoms with Crippen molar-refractivity contribution in [2.75, 3.05) is 0 Å². The molecule has 1 radical (unpaired) electrons. The molecule has 0 spiro atoms. The zero-order valence-corrected chi connectivity index (χ0v) is 6.57. The second kappa shape index (κ2) is 2.81. The fourth-order valence-electron chi connectivity index (χ4n) is 0.968. The highest BCUT2D eigenvalue weighted by Crippen LogP contribution is 2.32. The van der Waals surface area contributed by atoms with E-state index in [0.29, 0.717) is 5.56 Å². The van der Waals surface area contributed by atoms with Crippen molar-refractivity contribution >= 4 is 0 Å². The molecule has 12 heavy (non-hydrogen) atoms. The Balaban J connectivity index is 3.26. The molecule has 0 aliphatic heterocycles. The number of alkyl halides is 3. The van der Waals surface area contributed by atoms with Crippen LogP contribution in [0, 0.1) is 13.8 Å². The van der Waals surface area contributed by atoms with Crippen molar-refractivity contribution in [1.29, 1.82) is 0 Å². The van der Waals surface area contributed by atoms with E-state index >= 15 is 0 Å². The normalized spacial score (nSPS) is 11.8. The molecular weight excluding hydrogens is 165 g/mol. The van der Waals surface area contributed by atoms with Crippen molar-refractivity contribution in [3.63, 3.8) is 0 Å². The van der Waals surface area contributed by atoms with Gasteiger partial charge in [-0.2, -0.15) is 13.2 Å². The van der Waals surface area contributed by atoms with Gasteiger partial charge in [-0.05, 0) is 31.0 Å². The van der Waals surface area contributed by atoms with E-state index in [-0.39, 0.29) is 5.56 Å². The third-order valence-corrected chi connectivity index (χ3v) is 1.72. The van der Waals surface area contributed by atoms with Crippen molar-refractivity contribution < 1.29 is 13.2 Å². The summed E-state index contributed by atoms with van der Waals surface area (Å²) in [5.41, 5.74) is -0.0303. The quantitative estimate of drug-likeness (QED) is 0.565. The highest BCUT2D eigenvalue weighted by Gasteiger charge is 2.32. The lowest BCUT2D eigenvalue weighted by atomic mass is 10.0. The number of aryl methyl sites for hydroxylation is 1. The first-order chi connectivity index (χ1) is 5.43. The Morgan fingerprint density at radius 3 is 2.25 bits per heavy atom. The fraction of sp³-hybridized carbons (Fsp3) is 0.222. The molecule has 0 aromatic heterocycles. The Morgan fingerprint density at radius 1 is 1.25 bits per heavy atom. The van der Waals surface area contributed by atoms with Crippen molar-refractivity contribution in [2.45, 2.75) is 13.1 Å². The standard InChI is InChI=1S/C9H8F3/c1-6-4-3-5-8(7(6)2)9(10,11)12/h3-5H,2H2,1H3. The van der Waals surface area contributed by atoms with Gasteiger partial charge in [-0.1, -0.05) is 12.1 Å². The first kappa shape index (κ1) is 9.10. The lowest BCUT2D eigenvalue weighted by Gasteiger charge is -2.10. The molecule has 3 heteroatoms. The average Bonchev–Trinajstić information content (AvgIpc) is 1.92. The van der Waals surface area contributed by atoms with E-state index in [1.54, 1.807) is 13.0 Å². The van der Waals surface area contributed by atoms with Gasteiger partial charge in [-0.25, -0.2) is 0 Å². The Morgan fingerprint density at radius 2 is 1.83 bits per heavy atom. The molecule has 0 heterocycles. The number of benzene rings is 1. The second-order valence-electron chi connectivity index (χ2n) is 2.60. The number of rotatable bonds is 0. The number of hydrogen-bond donors (Lipinski definition) is 0. The van der Waals surface area contributed by atoms with Crippen molar-refractivity contribution in [3.05, 3.63) is 41.8 Å². The van der Waals surface area contributed by atoms with E-state index in [1.165, 1.54) is 6.07 Å². The van der Waals surface area contributed by atoms with Crippen LogP contribution in [0.25, 0.3) is 0 Å². The summed E-state index contributed by atoms with van der Waals surface area (Å²) in [6, 6.07) is 4.03. The van der Waals surface area contributed by atoms with E-state index in [2.05, 4.69) is 6.92 Å². The van der Waals surface area contributed by atoms with E-state index < -0.39 is 11.7 Å². The van der Waals surface area contributed by atoms with E-state index in [1.807, 2.05) is 0 Å². The summed E-state index contributed by atoms with van der Waals surface area (Å²) in [7, 11) is 0. The average molecular weight is 173 g/mol. The van der Waals surface area contributed by atoms with E-state index in [9.17, 15) is 13.2 Å². The molecular formula is C9H8F3. The van der Waals surface area contributed by atoms with Gasteiger partial charge >= 0.3 is 6.18 Å². The van der Waals surface area contributed by atoms with Gasteiger partial charge in [0, 0.05) is 0 Å². The molecule has 0 aliphatic rings. The van der Waals surface area contributed by atoms with E-state index in [0.717, 1.165) is 6.07 Å². The summed E-state index contributed by atoms with van der Waals surface area (Å²) in [4.78, 5) is 0. The van der Waals surface area contributed by atoms with Crippen molar-refractivity contribution in [2.24, 2.45) is 0 Å². The summed E-state index contributed by atoms with van der Waals surface area (Å²) in [5.74, 6) is 0. The highest BCUT2D eigenvalue weighted by atomic mass is 19.4. The largest absolute Gasteiger partial charge is 0.416 e. The monoisotopic (exact) mass is 173 g/mol. The third-order valence-electron chi connectivity index (χ3n) is 1.72. The Kier molecular flexibility index (Phi) is 2.13. The maximum absolute atomic E-state index is 12.2. The molecule has 0 bridgehead atoms. The van der Waals surface area contributed by atoms with Gasteiger partial charge in [0.15, 0.2) is 0 Å². The minimum atomic E-state index is -4.29. The van der Waals surface area contributed by atoms with Crippen LogP contribution >= 0.6 is 0 Å². The first-order valence-corrected chi connectivity index (χ1v) is 3.41. The molecule has 1 aromatic carbocycles. The van der Waals surface area contributed by atoms with Gasteiger partial charge in [-0.15, -0.1) is 0 Å². The molecule has 1 rings (SSSR count). The summed E-state index contributed by atoms with van der Waals surface area (Å²) in [6.07, 6.45) is -4.29. The van der Waals surface area contributed by atoms with E-state index in [4.69, 9.17) is 0 Å². The highest BCUT2D eigenvalue weighted by molar-refractivity contribution is 5.38. The van der Waals surface area contributed by atoms with Crippen LogP contribution in [-0.4, -0.2) is 0 Å². The van der Waals surface area contributed by atoms with Crippen LogP contribution < -0.4 is 0 Å². The lowest BCUT2D eigenvalue weighted by molar-refractivity contribution is -0.137. The van der Waals surface area contributed by atoms with Crippen LogP contribution in [-0.2, 0) is 6.18 Å². The summed E-state index contributed by atoms with van der Waals surface area (Å²) >= 11 is 0. The molecule has 0 saturated heterocycles. The minimum absolute atomic E-state index is 0.0602. The topological polar surface area (TPSA) is 0 Å². The van der Waals surface area contributed by atoms with Crippen LogP contribution in [0.1, 0.15) is 16.7 Å². The van der Waals surface area contributed by atoms with Gasteiger partial charge in [-0.3, -0.25) is 0 Å². The van der Waals surface area contributed by atoms with Crippen LogP contribution in [0.15, 0.2) is 18.2 Å². The molecule has 0 nitrogen and oxygen atoms in total. The molecule has 65 valence electrons. The Hall–Kier alpha value is -0.990. The summed E-state index contributed by atoms with van der Waals surface area (Å²) in [5, 5.41) is 0. The van der Waals surface area contributed by atoms with Gasteiger partial charge < -0.3 is 0 Å². The predicted octanol–water partition coefficient (Wildman–Crippen LogP) is 3.20. The Labute approximate surface area is 69.0 Å². The molecule has 0 amide bonds. The maximum atomic E-state index is 12.2. The molecule has 0 N–H and O–H groups in total. The SMILES string of the molecule is [CH2]c1c(C)cccc1C(F)(F)F. The number of hydrogen-bond acceptors (Lipinski definition) is 0. The molecule has 0 unspecified atom stereocenters. The van der Waals surface area contributed by atoms with Crippen molar-refractivity contribution in [3.8, 4) is 0 Å². The van der Waals surface area contributed by atoms with Gasteiger partial charge in [0.25, 0.3) is 0 Å². The molecule has 0 saturated carbocycles.